The first kappa shape index (κ1) is 15.7. The highest BCUT2D eigenvalue weighted by Crippen LogP contribution is 2.05. The molecular weight excluding hydrogens is 260 g/mol. The lowest BCUT2D eigenvalue weighted by Gasteiger charge is -2.07. The third-order valence-electron chi connectivity index (χ3n) is 2.70. The van der Waals surface area contributed by atoms with Gasteiger partial charge in [0.1, 0.15) is 0 Å². The molecule has 2 amide bonds. The van der Waals surface area contributed by atoms with Gasteiger partial charge in [-0.2, -0.15) is 11.3 Å². The molecule has 1 aromatic rings. The van der Waals surface area contributed by atoms with Gasteiger partial charge in [0.05, 0.1) is 0 Å². The number of amides is 2. The summed E-state index contributed by atoms with van der Waals surface area (Å²) in [6.45, 7) is 5.43. The van der Waals surface area contributed by atoms with Crippen LogP contribution < -0.4 is 10.6 Å². The largest absolute Gasteiger partial charge is 0.356 e. The monoisotopic (exact) mass is 282 g/mol. The van der Waals surface area contributed by atoms with Gasteiger partial charge in [-0.15, -0.1) is 0 Å². The lowest BCUT2D eigenvalue weighted by molar-refractivity contribution is -0.120. The van der Waals surface area contributed by atoms with Crippen LogP contribution in [0.2, 0.25) is 0 Å². The third-order valence-corrected chi connectivity index (χ3v) is 3.38. The summed E-state index contributed by atoms with van der Waals surface area (Å²) < 4.78 is 0. The Kier molecular flexibility index (Phi) is 7.18. The Labute approximate surface area is 118 Å². The predicted octanol–water partition coefficient (Wildman–Crippen LogP) is 2.42. The molecule has 1 heterocycles. The molecule has 0 aliphatic heterocycles. The van der Waals surface area contributed by atoms with Crippen molar-refractivity contribution in [2.75, 3.05) is 13.1 Å². The minimum absolute atomic E-state index is 0.00521. The van der Waals surface area contributed by atoms with Gasteiger partial charge in [-0.1, -0.05) is 13.8 Å². The molecule has 4 nitrogen and oxygen atoms in total. The highest BCUT2D eigenvalue weighted by molar-refractivity contribution is 7.08. The third kappa shape index (κ3) is 6.96. The highest BCUT2D eigenvalue weighted by atomic mass is 32.1. The SMILES string of the molecule is CC(C)CCCNC(=O)CCNC(=O)c1ccsc1. The number of thiophene rings is 1. The molecule has 106 valence electrons. The van der Waals surface area contributed by atoms with Crippen LogP contribution in [0.1, 0.15) is 43.5 Å². The van der Waals surface area contributed by atoms with Crippen LogP contribution in [0.3, 0.4) is 0 Å². The van der Waals surface area contributed by atoms with Gasteiger partial charge in [-0.05, 0) is 30.2 Å². The van der Waals surface area contributed by atoms with Crippen molar-refractivity contribution in [3.05, 3.63) is 22.4 Å². The molecule has 1 aromatic heterocycles. The molecule has 0 atom stereocenters. The zero-order valence-corrected chi connectivity index (χ0v) is 12.4. The van der Waals surface area contributed by atoms with Gasteiger partial charge in [0.25, 0.3) is 5.91 Å². The zero-order chi connectivity index (χ0) is 14.1. The molecule has 0 spiro atoms. The van der Waals surface area contributed by atoms with Crippen LogP contribution in [0.15, 0.2) is 16.8 Å². The van der Waals surface area contributed by atoms with Crippen molar-refractivity contribution in [1.29, 1.82) is 0 Å². The zero-order valence-electron chi connectivity index (χ0n) is 11.6. The Balaban J connectivity index is 2.06. The molecule has 0 radical (unpaired) electrons. The van der Waals surface area contributed by atoms with E-state index in [1.54, 1.807) is 11.4 Å². The van der Waals surface area contributed by atoms with Crippen molar-refractivity contribution in [3.63, 3.8) is 0 Å². The van der Waals surface area contributed by atoms with Crippen LogP contribution >= 0.6 is 11.3 Å². The molecule has 19 heavy (non-hydrogen) atoms. The Morgan fingerprint density at radius 1 is 1.26 bits per heavy atom. The van der Waals surface area contributed by atoms with E-state index in [0.717, 1.165) is 19.4 Å². The van der Waals surface area contributed by atoms with Crippen molar-refractivity contribution in [1.82, 2.24) is 10.6 Å². The van der Waals surface area contributed by atoms with Gasteiger partial charge >= 0.3 is 0 Å². The van der Waals surface area contributed by atoms with Crippen LogP contribution in [0.5, 0.6) is 0 Å². The van der Waals surface area contributed by atoms with Gasteiger partial charge in [0.2, 0.25) is 5.91 Å². The standard InChI is InChI=1S/C14H22N2O2S/c1-11(2)4-3-7-15-13(17)5-8-16-14(18)12-6-9-19-10-12/h6,9-11H,3-5,7-8H2,1-2H3,(H,15,17)(H,16,18). The van der Waals surface area contributed by atoms with Crippen LogP contribution in [0, 0.1) is 5.92 Å². The summed E-state index contributed by atoms with van der Waals surface area (Å²) in [4.78, 5) is 23.1. The molecule has 0 aliphatic rings. The van der Waals surface area contributed by atoms with E-state index in [-0.39, 0.29) is 11.8 Å². The van der Waals surface area contributed by atoms with Gasteiger partial charge in [0, 0.05) is 30.5 Å². The summed E-state index contributed by atoms with van der Waals surface area (Å²) in [5, 5.41) is 9.24. The minimum atomic E-state index is -0.117. The molecule has 0 saturated heterocycles. The maximum atomic E-state index is 11.6. The first-order chi connectivity index (χ1) is 9.09. The fourth-order valence-electron chi connectivity index (χ4n) is 1.61. The topological polar surface area (TPSA) is 58.2 Å². The first-order valence-electron chi connectivity index (χ1n) is 6.66. The van der Waals surface area contributed by atoms with E-state index in [9.17, 15) is 9.59 Å². The number of hydrogen-bond donors (Lipinski definition) is 2. The van der Waals surface area contributed by atoms with Crippen molar-refractivity contribution in [2.24, 2.45) is 5.92 Å². The second-order valence-corrected chi connectivity index (χ2v) is 5.68. The fourth-order valence-corrected chi connectivity index (χ4v) is 2.25. The fraction of sp³-hybridized carbons (Fsp3) is 0.571. The molecule has 0 aromatic carbocycles. The van der Waals surface area contributed by atoms with E-state index in [1.807, 2.05) is 5.38 Å². The Morgan fingerprint density at radius 3 is 2.68 bits per heavy atom. The quantitative estimate of drug-likeness (QED) is 0.719. The number of rotatable bonds is 8. The van der Waals surface area contributed by atoms with Gasteiger partial charge < -0.3 is 10.6 Å². The summed E-state index contributed by atoms with van der Waals surface area (Å²) in [5.41, 5.74) is 0.655. The molecule has 2 N–H and O–H groups in total. The molecule has 5 heteroatoms. The van der Waals surface area contributed by atoms with E-state index in [1.165, 1.54) is 11.3 Å². The van der Waals surface area contributed by atoms with Gasteiger partial charge in [0.15, 0.2) is 0 Å². The van der Waals surface area contributed by atoms with E-state index >= 15 is 0 Å². The second kappa shape index (κ2) is 8.69. The summed E-state index contributed by atoms with van der Waals surface area (Å²) in [6, 6.07) is 1.77. The molecule has 0 bridgehead atoms. The molecule has 0 unspecified atom stereocenters. The van der Waals surface area contributed by atoms with Crippen molar-refractivity contribution in [2.45, 2.75) is 33.1 Å². The lowest BCUT2D eigenvalue weighted by atomic mass is 10.1. The van der Waals surface area contributed by atoms with Crippen molar-refractivity contribution >= 4 is 23.2 Å². The van der Waals surface area contributed by atoms with Gasteiger partial charge in [-0.25, -0.2) is 0 Å². The van der Waals surface area contributed by atoms with E-state index in [0.29, 0.717) is 24.4 Å². The van der Waals surface area contributed by atoms with Crippen molar-refractivity contribution < 1.29 is 9.59 Å². The summed E-state index contributed by atoms with van der Waals surface area (Å²) in [5.74, 6) is 0.546. The van der Waals surface area contributed by atoms with Crippen LogP contribution in [-0.2, 0) is 4.79 Å². The number of carbonyl (C=O) groups is 2. The van der Waals surface area contributed by atoms with Crippen molar-refractivity contribution in [3.8, 4) is 0 Å². The Bertz CT molecular complexity index is 388. The summed E-state index contributed by atoms with van der Waals surface area (Å²) in [6.07, 6.45) is 2.46. The molecule has 1 rings (SSSR count). The number of hydrogen-bond acceptors (Lipinski definition) is 3. The van der Waals surface area contributed by atoms with E-state index in [4.69, 9.17) is 0 Å². The minimum Gasteiger partial charge on any atom is -0.356 e. The van der Waals surface area contributed by atoms with E-state index in [2.05, 4.69) is 24.5 Å². The maximum absolute atomic E-state index is 11.6. The summed E-state index contributed by atoms with van der Waals surface area (Å²) >= 11 is 1.48. The van der Waals surface area contributed by atoms with E-state index < -0.39 is 0 Å². The molecule has 0 fully saturated rings. The molecule has 0 aliphatic carbocycles. The smallest absolute Gasteiger partial charge is 0.252 e. The molecule has 0 saturated carbocycles. The number of nitrogens with one attached hydrogen (secondary N) is 2. The highest BCUT2D eigenvalue weighted by Gasteiger charge is 2.06. The maximum Gasteiger partial charge on any atom is 0.252 e. The average Bonchev–Trinajstić information content (AvgIpc) is 2.88. The second-order valence-electron chi connectivity index (χ2n) is 4.90. The average molecular weight is 282 g/mol. The normalized spacial score (nSPS) is 10.5. The molecular formula is C14H22N2O2S. The van der Waals surface area contributed by atoms with Crippen LogP contribution in [0.25, 0.3) is 0 Å². The Morgan fingerprint density at radius 2 is 2.05 bits per heavy atom. The van der Waals surface area contributed by atoms with Crippen LogP contribution in [0.4, 0.5) is 0 Å². The Hall–Kier alpha value is -1.36. The van der Waals surface area contributed by atoms with Gasteiger partial charge in [-0.3, -0.25) is 9.59 Å². The predicted molar refractivity (Wildman–Crippen MR) is 78.4 cm³/mol. The lowest BCUT2D eigenvalue weighted by Crippen LogP contribution is -2.31. The number of carbonyl (C=O) groups excluding carboxylic acids is 2. The summed E-state index contributed by atoms with van der Waals surface area (Å²) in [7, 11) is 0. The van der Waals surface area contributed by atoms with Crippen LogP contribution in [-0.4, -0.2) is 24.9 Å². The first-order valence-corrected chi connectivity index (χ1v) is 7.61.